The van der Waals surface area contributed by atoms with Crippen LogP contribution in [0.3, 0.4) is 0 Å². The number of piperidine rings is 1. The first-order valence-electron chi connectivity index (χ1n) is 10.7. The predicted octanol–water partition coefficient (Wildman–Crippen LogP) is 1.19. The molecule has 3 amide bonds. The van der Waals surface area contributed by atoms with E-state index in [2.05, 4.69) is 0 Å². The molecule has 0 unspecified atom stereocenters. The minimum Gasteiger partial charge on any atom is -0.458 e. The Kier molecular flexibility index (Phi) is 4.06. The van der Waals surface area contributed by atoms with E-state index in [-0.39, 0.29) is 12.8 Å². The summed E-state index contributed by atoms with van der Waals surface area (Å²) >= 11 is 0. The number of carbonyl (C=O) groups excluding carboxylic acids is 5. The van der Waals surface area contributed by atoms with E-state index in [0.29, 0.717) is 5.69 Å². The number of hydrogen-bond acceptors (Lipinski definition) is 7. The average Bonchev–Trinajstić information content (AvgIpc) is 3.38. The number of para-hydroxylation sites is 1. The minimum atomic E-state index is -2.11. The SMILES string of the molecule is CC(=O)[C@@]12O[C@]3(CC[C@H](C(=O)OC(C)(C)C)N3C1=O)[C@@H]1C(=O)N(c3ccccc3)C(=O)[C@@H]12. The second-order valence-corrected chi connectivity index (χ2v) is 9.80. The molecule has 0 N–H and O–H groups in total. The van der Waals surface area contributed by atoms with E-state index in [0.717, 1.165) is 4.90 Å². The lowest BCUT2D eigenvalue weighted by atomic mass is 9.72. The van der Waals surface area contributed by atoms with Crippen molar-refractivity contribution >= 4 is 35.2 Å². The third-order valence-electron chi connectivity index (χ3n) is 6.82. The third-order valence-corrected chi connectivity index (χ3v) is 6.82. The number of imide groups is 1. The fraction of sp³-hybridized carbons (Fsp3) is 0.522. The summed E-state index contributed by atoms with van der Waals surface area (Å²) in [5.74, 6) is -5.49. The number of hydrogen-bond donors (Lipinski definition) is 0. The maximum Gasteiger partial charge on any atom is 0.329 e. The van der Waals surface area contributed by atoms with Crippen LogP contribution in [-0.4, -0.2) is 57.3 Å². The smallest absolute Gasteiger partial charge is 0.329 e. The molecule has 5 rings (SSSR count). The summed E-state index contributed by atoms with van der Waals surface area (Å²) in [6, 6.07) is 7.40. The second-order valence-electron chi connectivity index (χ2n) is 9.80. The van der Waals surface area contributed by atoms with Gasteiger partial charge < -0.3 is 9.47 Å². The highest BCUT2D eigenvalue weighted by Crippen LogP contribution is 2.64. The zero-order valence-electron chi connectivity index (χ0n) is 18.3. The van der Waals surface area contributed by atoms with E-state index in [1.807, 2.05) is 0 Å². The van der Waals surface area contributed by atoms with Gasteiger partial charge in [0.15, 0.2) is 11.5 Å². The average molecular weight is 440 g/mol. The number of Topliss-reactive ketones (excluding diaryl/α,β-unsaturated/α-hetero) is 1. The van der Waals surface area contributed by atoms with Gasteiger partial charge in [-0.15, -0.1) is 0 Å². The Morgan fingerprint density at radius 2 is 1.69 bits per heavy atom. The van der Waals surface area contributed by atoms with Crippen molar-refractivity contribution in [3.05, 3.63) is 30.3 Å². The zero-order chi connectivity index (χ0) is 23.2. The van der Waals surface area contributed by atoms with Crippen molar-refractivity contribution in [1.82, 2.24) is 4.90 Å². The number of rotatable bonds is 3. The van der Waals surface area contributed by atoms with Crippen molar-refractivity contribution in [2.75, 3.05) is 4.90 Å². The molecule has 4 heterocycles. The van der Waals surface area contributed by atoms with Crippen molar-refractivity contribution in [2.45, 2.75) is 63.5 Å². The summed E-state index contributed by atoms with van der Waals surface area (Å²) in [7, 11) is 0. The molecule has 0 aromatic heterocycles. The topological polar surface area (TPSA) is 110 Å². The summed E-state index contributed by atoms with van der Waals surface area (Å²) in [6.45, 7) is 6.33. The first-order valence-corrected chi connectivity index (χ1v) is 10.7. The Balaban J connectivity index is 1.61. The molecule has 0 radical (unpaired) electrons. The molecule has 2 bridgehead atoms. The maximum absolute atomic E-state index is 13.6. The summed E-state index contributed by atoms with van der Waals surface area (Å²) in [4.78, 5) is 68.6. The molecule has 1 aromatic carbocycles. The third kappa shape index (κ3) is 2.34. The van der Waals surface area contributed by atoms with Crippen molar-refractivity contribution in [3.63, 3.8) is 0 Å². The van der Waals surface area contributed by atoms with Crippen LogP contribution >= 0.6 is 0 Å². The predicted molar refractivity (Wildman–Crippen MR) is 109 cm³/mol. The lowest BCUT2D eigenvalue weighted by molar-refractivity contribution is -0.169. The van der Waals surface area contributed by atoms with Crippen molar-refractivity contribution in [1.29, 1.82) is 0 Å². The molecule has 4 aliphatic heterocycles. The van der Waals surface area contributed by atoms with E-state index >= 15 is 0 Å². The molecular formula is C23H24N2O7. The number of fused-ring (bicyclic) bond motifs is 3. The van der Waals surface area contributed by atoms with Gasteiger partial charge in [0.1, 0.15) is 23.5 Å². The van der Waals surface area contributed by atoms with Gasteiger partial charge in [0.05, 0.1) is 5.69 Å². The molecule has 5 atom stereocenters. The number of anilines is 1. The molecule has 0 aliphatic carbocycles. The van der Waals surface area contributed by atoms with Crippen LogP contribution in [0.25, 0.3) is 0 Å². The van der Waals surface area contributed by atoms with Crippen LogP contribution in [0, 0.1) is 11.8 Å². The van der Waals surface area contributed by atoms with E-state index in [1.165, 1.54) is 11.8 Å². The molecule has 4 fully saturated rings. The van der Waals surface area contributed by atoms with E-state index in [4.69, 9.17) is 9.47 Å². The first-order chi connectivity index (χ1) is 15.0. The highest BCUT2D eigenvalue weighted by molar-refractivity contribution is 6.29. The second kappa shape index (κ2) is 6.25. The summed E-state index contributed by atoms with van der Waals surface area (Å²) < 4.78 is 11.6. The fourth-order valence-electron chi connectivity index (χ4n) is 5.74. The van der Waals surface area contributed by atoms with Gasteiger partial charge in [-0.05, 0) is 52.7 Å². The number of nitrogens with zero attached hydrogens (tertiary/aromatic N) is 2. The van der Waals surface area contributed by atoms with Gasteiger partial charge in [-0.2, -0.15) is 0 Å². The molecule has 4 aliphatic rings. The number of amides is 3. The quantitative estimate of drug-likeness (QED) is 0.394. The number of esters is 1. The lowest BCUT2D eigenvalue weighted by Crippen LogP contribution is -2.62. The highest BCUT2D eigenvalue weighted by Gasteiger charge is 2.86. The van der Waals surface area contributed by atoms with Gasteiger partial charge in [-0.25, -0.2) is 9.69 Å². The van der Waals surface area contributed by atoms with Crippen LogP contribution in [-0.2, 0) is 33.4 Å². The number of benzene rings is 1. The Labute approximate surface area is 184 Å². The zero-order valence-corrected chi connectivity index (χ0v) is 18.3. The standard InChI is InChI=1S/C23H24N2O7/c1-12(26)23-16-15(17(27)24(18(16)28)13-8-6-5-7-9-13)22(32-23)11-10-14(25(22)20(23)30)19(29)31-21(2,3)4/h5-9,14-16H,10-11H2,1-4H3/t14-,15+,16-,22-,23+/m1/s1. The number of carbonyl (C=O) groups is 5. The van der Waals surface area contributed by atoms with Gasteiger partial charge in [0.25, 0.3) is 5.91 Å². The highest BCUT2D eigenvalue weighted by atomic mass is 16.6. The van der Waals surface area contributed by atoms with Gasteiger partial charge in [0.2, 0.25) is 17.4 Å². The van der Waals surface area contributed by atoms with Crippen LogP contribution in [0.5, 0.6) is 0 Å². The molecule has 9 heteroatoms. The molecule has 168 valence electrons. The molecule has 4 saturated heterocycles. The molecule has 1 spiro atoms. The summed E-state index contributed by atoms with van der Waals surface area (Å²) in [5, 5.41) is 0. The van der Waals surface area contributed by atoms with Crippen LogP contribution in [0.1, 0.15) is 40.5 Å². The lowest BCUT2D eigenvalue weighted by Gasteiger charge is -2.38. The van der Waals surface area contributed by atoms with Crippen LogP contribution < -0.4 is 4.90 Å². The molecule has 1 aromatic rings. The van der Waals surface area contributed by atoms with Crippen molar-refractivity contribution in [2.24, 2.45) is 11.8 Å². The van der Waals surface area contributed by atoms with Gasteiger partial charge >= 0.3 is 5.97 Å². The van der Waals surface area contributed by atoms with Gasteiger partial charge in [-0.1, -0.05) is 18.2 Å². The normalized spacial score (nSPS) is 35.4. The minimum absolute atomic E-state index is 0.153. The first kappa shape index (κ1) is 20.8. The van der Waals surface area contributed by atoms with Crippen LogP contribution in [0.2, 0.25) is 0 Å². The van der Waals surface area contributed by atoms with Gasteiger partial charge in [0, 0.05) is 0 Å². The molecular weight excluding hydrogens is 416 g/mol. The Morgan fingerprint density at radius 1 is 1.06 bits per heavy atom. The van der Waals surface area contributed by atoms with Crippen molar-refractivity contribution in [3.8, 4) is 0 Å². The monoisotopic (exact) mass is 440 g/mol. The van der Waals surface area contributed by atoms with E-state index < -0.39 is 64.3 Å². The van der Waals surface area contributed by atoms with E-state index in [9.17, 15) is 24.0 Å². The molecule has 0 saturated carbocycles. The van der Waals surface area contributed by atoms with E-state index in [1.54, 1.807) is 51.1 Å². The van der Waals surface area contributed by atoms with Crippen molar-refractivity contribution < 1.29 is 33.4 Å². The van der Waals surface area contributed by atoms with Gasteiger partial charge in [-0.3, -0.25) is 24.1 Å². The summed E-state index contributed by atoms with van der Waals surface area (Å²) in [6.07, 6.45) is 0.366. The Morgan fingerprint density at radius 3 is 2.28 bits per heavy atom. The summed E-state index contributed by atoms with van der Waals surface area (Å²) in [5.41, 5.74) is -4.04. The number of ketones is 1. The Hall–Kier alpha value is -3.07. The largest absolute Gasteiger partial charge is 0.458 e. The van der Waals surface area contributed by atoms with Crippen LogP contribution in [0.4, 0.5) is 5.69 Å². The molecule has 32 heavy (non-hydrogen) atoms. The molecule has 9 nitrogen and oxygen atoms in total. The Bertz CT molecular complexity index is 1080. The number of ether oxygens (including phenoxy) is 2. The fourth-order valence-corrected chi connectivity index (χ4v) is 5.74. The van der Waals surface area contributed by atoms with Crippen LogP contribution in [0.15, 0.2) is 30.3 Å². The maximum atomic E-state index is 13.6.